The topological polar surface area (TPSA) is 83.8 Å². The minimum Gasteiger partial charge on any atom is -0.497 e. The molecule has 0 saturated carbocycles. The van der Waals surface area contributed by atoms with Crippen molar-refractivity contribution in [3.63, 3.8) is 0 Å². The number of hydrogen-bond donors (Lipinski definition) is 2. The van der Waals surface area contributed by atoms with Crippen LogP contribution < -0.4 is 15.4 Å². The second-order valence-corrected chi connectivity index (χ2v) is 6.53. The summed E-state index contributed by atoms with van der Waals surface area (Å²) in [4.78, 5) is 26.0. The number of furan rings is 1. The lowest BCUT2D eigenvalue weighted by atomic mass is 10.0. The van der Waals surface area contributed by atoms with Crippen LogP contribution >= 0.6 is 0 Å². The summed E-state index contributed by atoms with van der Waals surface area (Å²) in [5, 5.41) is 5.76. The van der Waals surface area contributed by atoms with Crippen LogP contribution in [0.2, 0.25) is 0 Å². The van der Waals surface area contributed by atoms with Gasteiger partial charge in [0, 0.05) is 13.5 Å². The largest absolute Gasteiger partial charge is 0.497 e. The highest BCUT2D eigenvalue weighted by Gasteiger charge is 2.21. The van der Waals surface area contributed by atoms with E-state index in [0.717, 1.165) is 17.1 Å². The molecule has 2 N–H and O–H groups in total. The van der Waals surface area contributed by atoms with Crippen LogP contribution in [0, 0.1) is 0 Å². The number of methoxy groups -OCH3 is 1. The Labute approximate surface area is 159 Å². The molecule has 146 valence electrons. The molecule has 2 rings (SSSR count). The zero-order chi connectivity index (χ0) is 19.8. The van der Waals surface area contributed by atoms with Crippen LogP contribution in [-0.2, 0) is 9.59 Å². The Morgan fingerprint density at radius 1 is 1.19 bits per heavy atom. The van der Waals surface area contributed by atoms with Gasteiger partial charge in [-0.05, 0) is 43.9 Å². The van der Waals surface area contributed by atoms with E-state index >= 15 is 0 Å². The molecule has 0 aliphatic carbocycles. The normalized spacial score (nSPS) is 13.1. The first-order valence-corrected chi connectivity index (χ1v) is 8.78. The van der Waals surface area contributed by atoms with Crippen molar-refractivity contribution in [2.75, 3.05) is 27.7 Å². The number of likely N-dealkylation sites (N-methyl/N-ethyl adjacent to an activating group) is 1. The van der Waals surface area contributed by atoms with Crippen molar-refractivity contribution < 1.29 is 18.7 Å². The summed E-state index contributed by atoms with van der Waals surface area (Å²) in [7, 11) is 5.45. The highest BCUT2D eigenvalue weighted by Crippen LogP contribution is 2.21. The van der Waals surface area contributed by atoms with Gasteiger partial charge in [-0.2, -0.15) is 0 Å². The molecule has 0 aliphatic rings. The van der Waals surface area contributed by atoms with Crippen LogP contribution in [0.1, 0.15) is 36.8 Å². The van der Waals surface area contributed by atoms with E-state index in [2.05, 4.69) is 10.6 Å². The Kier molecular flexibility index (Phi) is 7.43. The molecule has 1 aromatic carbocycles. The minimum absolute atomic E-state index is 0.0656. The maximum Gasteiger partial charge on any atom is 0.222 e. The maximum absolute atomic E-state index is 12.5. The van der Waals surface area contributed by atoms with E-state index in [1.54, 1.807) is 25.5 Å². The van der Waals surface area contributed by atoms with Gasteiger partial charge in [-0.3, -0.25) is 14.5 Å². The van der Waals surface area contributed by atoms with Crippen molar-refractivity contribution >= 4 is 11.8 Å². The molecule has 2 amide bonds. The van der Waals surface area contributed by atoms with Gasteiger partial charge in [0.1, 0.15) is 11.5 Å². The Morgan fingerprint density at radius 2 is 1.89 bits per heavy atom. The molecule has 27 heavy (non-hydrogen) atoms. The van der Waals surface area contributed by atoms with Crippen molar-refractivity contribution in [1.82, 2.24) is 15.5 Å². The summed E-state index contributed by atoms with van der Waals surface area (Å²) < 4.78 is 10.6. The van der Waals surface area contributed by atoms with E-state index in [1.807, 2.05) is 43.3 Å². The molecule has 7 nitrogen and oxygen atoms in total. The lowest BCUT2D eigenvalue weighted by molar-refractivity contribution is -0.123. The number of nitrogens with zero attached hydrogens (tertiary/aromatic N) is 1. The minimum atomic E-state index is -0.408. The number of carbonyl (C=O) groups excluding carboxylic acids is 2. The molecule has 0 radical (unpaired) electrons. The van der Waals surface area contributed by atoms with Crippen LogP contribution in [0.3, 0.4) is 0 Å². The molecule has 1 aromatic heterocycles. The Hall–Kier alpha value is -2.80. The molecular formula is C20H27N3O4. The van der Waals surface area contributed by atoms with Gasteiger partial charge in [-0.25, -0.2) is 0 Å². The SMILES string of the molecule is COc1ccc(C(CC(=O)NCC(c2ccco2)N(C)C)NC(C)=O)cc1. The quantitative estimate of drug-likeness (QED) is 0.704. The predicted octanol–water partition coefficient (Wildman–Crippen LogP) is 2.27. The first-order chi connectivity index (χ1) is 12.9. The zero-order valence-corrected chi connectivity index (χ0v) is 16.2. The first kappa shape index (κ1) is 20.5. The average molecular weight is 373 g/mol. The predicted molar refractivity (Wildman–Crippen MR) is 102 cm³/mol. The van der Waals surface area contributed by atoms with Gasteiger partial charge in [0.15, 0.2) is 0 Å². The van der Waals surface area contributed by atoms with Gasteiger partial charge in [0.2, 0.25) is 11.8 Å². The number of carbonyl (C=O) groups is 2. The molecule has 2 atom stereocenters. The number of benzene rings is 1. The number of ether oxygens (including phenoxy) is 1. The smallest absolute Gasteiger partial charge is 0.222 e. The lowest BCUT2D eigenvalue weighted by Gasteiger charge is -2.23. The van der Waals surface area contributed by atoms with Crippen molar-refractivity contribution in [3.8, 4) is 5.75 Å². The van der Waals surface area contributed by atoms with Crippen LogP contribution in [0.4, 0.5) is 0 Å². The molecule has 1 heterocycles. The van der Waals surface area contributed by atoms with Gasteiger partial charge in [0.05, 0.1) is 31.9 Å². The van der Waals surface area contributed by atoms with E-state index in [0.29, 0.717) is 6.54 Å². The number of amides is 2. The molecule has 0 aliphatic heterocycles. The maximum atomic E-state index is 12.5. The van der Waals surface area contributed by atoms with Crippen molar-refractivity contribution in [3.05, 3.63) is 54.0 Å². The summed E-state index contributed by atoms with van der Waals surface area (Å²) in [6.45, 7) is 1.85. The number of nitrogens with one attached hydrogen (secondary N) is 2. The summed E-state index contributed by atoms with van der Waals surface area (Å²) >= 11 is 0. The Morgan fingerprint density at radius 3 is 2.41 bits per heavy atom. The summed E-state index contributed by atoms with van der Waals surface area (Å²) in [5.41, 5.74) is 0.844. The number of rotatable bonds is 9. The van der Waals surface area contributed by atoms with Crippen LogP contribution in [0.25, 0.3) is 0 Å². The third-order valence-corrected chi connectivity index (χ3v) is 4.27. The lowest BCUT2D eigenvalue weighted by Crippen LogP contribution is -2.37. The van der Waals surface area contributed by atoms with Gasteiger partial charge < -0.3 is 19.8 Å². The zero-order valence-electron chi connectivity index (χ0n) is 16.2. The third-order valence-electron chi connectivity index (χ3n) is 4.27. The van der Waals surface area contributed by atoms with Gasteiger partial charge in [-0.15, -0.1) is 0 Å². The van der Waals surface area contributed by atoms with Crippen LogP contribution in [0.5, 0.6) is 5.75 Å². The van der Waals surface area contributed by atoms with E-state index in [-0.39, 0.29) is 24.3 Å². The standard InChI is InChI=1S/C20H27N3O4/c1-14(24)22-17(15-7-9-16(26-4)10-8-15)12-20(25)21-13-18(23(2)3)19-6-5-11-27-19/h5-11,17-18H,12-13H2,1-4H3,(H,21,25)(H,22,24). The van der Waals surface area contributed by atoms with Crippen molar-refractivity contribution in [1.29, 1.82) is 0 Å². The van der Waals surface area contributed by atoms with E-state index in [1.165, 1.54) is 6.92 Å². The summed E-state index contributed by atoms with van der Waals surface area (Å²) in [5.74, 6) is 1.17. The monoisotopic (exact) mass is 373 g/mol. The summed E-state index contributed by atoms with van der Waals surface area (Å²) in [6.07, 6.45) is 1.76. The molecule has 0 bridgehead atoms. The van der Waals surface area contributed by atoms with Crippen molar-refractivity contribution in [2.45, 2.75) is 25.4 Å². The fraction of sp³-hybridized carbons (Fsp3) is 0.400. The van der Waals surface area contributed by atoms with E-state index in [9.17, 15) is 9.59 Å². The van der Waals surface area contributed by atoms with Gasteiger partial charge in [-0.1, -0.05) is 12.1 Å². The highest BCUT2D eigenvalue weighted by molar-refractivity contribution is 5.79. The van der Waals surface area contributed by atoms with Crippen LogP contribution in [-0.4, -0.2) is 44.5 Å². The molecule has 0 spiro atoms. The molecule has 2 unspecified atom stereocenters. The molecule has 0 saturated heterocycles. The Balaban J connectivity index is 2.01. The van der Waals surface area contributed by atoms with Gasteiger partial charge >= 0.3 is 0 Å². The summed E-state index contributed by atoms with van der Waals surface area (Å²) in [6, 6.07) is 10.5. The fourth-order valence-corrected chi connectivity index (χ4v) is 2.82. The highest BCUT2D eigenvalue weighted by atomic mass is 16.5. The average Bonchev–Trinajstić information content (AvgIpc) is 3.15. The first-order valence-electron chi connectivity index (χ1n) is 8.78. The second kappa shape index (κ2) is 9.78. The van der Waals surface area contributed by atoms with E-state index < -0.39 is 6.04 Å². The van der Waals surface area contributed by atoms with Gasteiger partial charge in [0.25, 0.3) is 0 Å². The molecule has 0 fully saturated rings. The number of hydrogen-bond acceptors (Lipinski definition) is 5. The van der Waals surface area contributed by atoms with E-state index in [4.69, 9.17) is 9.15 Å². The molecule has 7 heteroatoms. The second-order valence-electron chi connectivity index (χ2n) is 6.53. The molecular weight excluding hydrogens is 346 g/mol. The fourth-order valence-electron chi connectivity index (χ4n) is 2.82. The van der Waals surface area contributed by atoms with Crippen LogP contribution in [0.15, 0.2) is 47.1 Å². The Bertz CT molecular complexity index is 726. The van der Waals surface area contributed by atoms with Crippen molar-refractivity contribution in [2.24, 2.45) is 0 Å². The molecule has 2 aromatic rings. The third kappa shape index (κ3) is 6.14.